The van der Waals surface area contributed by atoms with Crippen molar-refractivity contribution in [2.75, 3.05) is 58.8 Å². The van der Waals surface area contributed by atoms with Crippen LogP contribution in [0, 0.1) is 13.8 Å². The van der Waals surface area contributed by atoms with Crippen LogP contribution in [0.5, 0.6) is 0 Å². The highest BCUT2D eigenvalue weighted by Crippen LogP contribution is 2.25. The summed E-state index contributed by atoms with van der Waals surface area (Å²) in [6.45, 7) is 7.97. The summed E-state index contributed by atoms with van der Waals surface area (Å²) in [5.41, 5.74) is 4.09. The summed E-state index contributed by atoms with van der Waals surface area (Å²) in [5, 5.41) is 0. The van der Waals surface area contributed by atoms with E-state index in [-0.39, 0.29) is 6.04 Å². The van der Waals surface area contributed by atoms with Crippen LogP contribution in [-0.4, -0.2) is 72.1 Å². The van der Waals surface area contributed by atoms with Gasteiger partial charge in [0.05, 0.1) is 4.90 Å². The average molecular weight is 431 g/mol. The molecule has 0 aromatic heterocycles. The fourth-order valence-corrected chi connectivity index (χ4v) is 5.22. The molecule has 1 heterocycles. The molecule has 1 fully saturated rings. The Hall–Kier alpha value is -1.93. The number of sulfonamides is 1. The van der Waals surface area contributed by atoms with Crippen LogP contribution < -0.4 is 9.62 Å². The van der Waals surface area contributed by atoms with Gasteiger partial charge in [-0.2, -0.15) is 0 Å². The van der Waals surface area contributed by atoms with Crippen LogP contribution in [0.3, 0.4) is 0 Å². The van der Waals surface area contributed by atoms with E-state index in [1.807, 2.05) is 40.1 Å². The van der Waals surface area contributed by atoms with Crippen LogP contribution in [-0.2, 0) is 10.0 Å². The Balaban J connectivity index is 1.83. The van der Waals surface area contributed by atoms with E-state index in [1.54, 1.807) is 6.07 Å². The monoisotopic (exact) mass is 430 g/mol. The van der Waals surface area contributed by atoms with E-state index in [0.29, 0.717) is 11.4 Å². The molecule has 1 aliphatic heterocycles. The number of likely N-dealkylation sites (N-methyl/N-ethyl adjacent to an activating group) is 1. The lowest BCUT2D eigenvalue weighted by molar-refractivity contribution is 0.113. The first-order valence-electron chi connectivity index (χ1n) is 10.4. The maximum Gasteiger partial charge on any atom is 0.240 e. The second-order valence-corrected chi connectivity index (χ2v) is 10.2. The summed E-state index contributed by atoms with van der Waals surface area (Å²) in [4.78, 5) is 7.11. The van der Waals surface area contributed by atoms with Gasteiger partial charge in [0.2, 0.25) is 10.0 Å². The minimum absolute atomic E-state index is 0.00422. The quantitative estimate of drug-likeness (QED) is 0.732. The van der Waals surface area contributed by atoms with Gasteiger partial charge in [0.25, 0.3) is 0 Å². The minimum atomic E-state index is -3.58. The van der Waals surface area contributed by atoms with Crippen LogP contribution >= 0.6 is 0 Å². The zero-order valence-corrected chi connectivity index (χ0v) is 19.5. The highest BCUT2D eigenvalue weighted by atomic mass is 32.2. The standard InChI is InChI=1S/C23H34N4O2S/c1-18-6-11-23(19(2)16-18)30(28,29)24-17-22(27-14-12-26(5)13-15-27)20-7-9-21(10-8-20)25(3)4/h6-11,16,22,24H,12-15,17H2,1-5H3/t22-/m0/s1. The van der Waals surface area contributed by atoms with Crippen molar-refractivity contribution in [1.29, 1.82) is 0 Å². The summed E-state index contributed by atoms with van der Waals surface area (Å²) in [5.74, 6) is 0. The lowest BCUT2D eigenvalue weighted by atomic mass is 10.0. The van der Waals surface area contributed by atoms with E-state index >= 15 is 0 Å². The molecule has 0 bridgehead atoms. The van der Waals surface area contributed by atoms with Crippen molar-refractivity contribution in [1.82, 2.24) is 14.5 Å². The largest absolute Gasteiger partial charge is 0.378 e. The molecule has 30 heavy (non-hydrogen) atoms. The molecular weight excluding hydrogens is 396 g/mol. The molecular formula is C23H34N4O2S. The Kier molecular flexibility index (Phi) is 7.18. The normalized spacial score (nSPS) is 17.1. The van der Waals surface area contributed by atoms with Crippen LogP contribution in [0.2, 0.25) is 0 Å². The number of aryl methyl sites for hydroxylation is 2. The maximum absolute atomic E-state index is 13.0. The molecule has 0 amide bonds. The molecule has 6 nitrogen and oxygen atoms in total. The predicted octanol–water partition coefficient (Wildman–Crippen LogP) is 2.64. The van der Waals surface area contributed by atoms with Crippen LogP contribution in [0.15, 0.2) is 47.4 Å². The smallest absolute Gasteiger partial charge is 0.240 e. The molecule has 0 spiro atoms. The number of nitrogens with zero attached hydrogens (tertiary/aromatic N) is 3. The van der Waals surface area contributed by atoms with Crippen molar-refractivity contribution in [2.45, 2.75) is 24.8 Å². The van der Waals surface area contributed by atoms with Crippen LogP contribution in [0.25, 0.3) is 0 Å². The van der Waals surface area contributed by atoms with Crippen molar-refractivity contribution in [2.24, 2.45) is 0 Å². The van der Waals surface area contributed by atoms with E-state index < -0.39 is 10.0 Å². The van der Waals surface area contributed by atoms with Gasteiger partial charge < -0.3 is 9.80 Å². The Labute approximate surface area is 181 Å². The Morgan fingerprint density at radius 2 is 1.63 bits per heavy atom. The second kappa shape index (κ2) is 9.47. The number of anilines is 1. The molecule has 7 heteroatoms. The predicted molar refractivity (Wildman–Crippen MR) is 124 cm³/mol. The summed E-state index contributed by atoms with van der Waals surface area (Å²) in [7, 11) is 2.59. The van der Waals surface area contributed by atoms with Gasteiger partial charge in [-0.25, -0.2) is 13.1 Å². The third-order valence-corrected chi connectivity index (χ3v) is 7.44. The highest BCUT2D eigenvalue weighted by Gasteiger charge is 2.26. The molecule has 2 aromatic carbocycles. The lowest BCUT2D eigenvalue weighted by Gasteiger charge is -2.38. The number of benzene rings is 2. The molecule has 3 rings (SSSR count). The second-order valence-electron chi connectivity index (χ2n) is 8.46. The maximum atomic E-state index is 13.0. The molecule has 0 radical (unpaired) electrons. The summed E-state index contributed by atoms with van der Waals surface area (Å²) >= 11 is 0. The Morgan fingerprint density at radius 1 is 1.00 bits per heavy atom. The molecule has 1 saturated heterocycles. The van der Waals surface area contributed by atoms with Gasteiger partial charge in [0.1, 0.15) is 0 Å². The third-order valence-electron chi connectivity index (χ3n) is 5.86. The fourth-order valence-electron chi connectivity index (χ4n) is 3.95. The molecule has 164 valence electrons. The molecule has 0 saturated carbocycles. The number of piperazine rings is 1. The summed E-state index contributed by atoms with van der Waals surface area (Å²) in [6, 6.07) is 13.9. The van der Waals surface area contributed by atoms with Crippen molar-refractivity contribution >= 4 is 15.7 Å². The fraction of sp³-hybridized carbons (Fsp3) is 0.478. The number of rotatable bonds is 7. The number of hydrogen-bond donors (Lipinski definition) is 1. The van der Waals surface area contributed by atoms with Crippen molar-refractivity contribution in [3.05, 3.63) is 59.2 Å². The van der Waals surface area contributed by atoms with Gasteiger partial charge in [-0.15, -0.1) is 0 Å². The first-order chi connectivity index (χ1) is 14.2. The average Bonchev–Trinajstić information content (AvgIpc) is 2.69. The SMILES string of the molecule is Cc1ccc(S(=O)(=O)NC[C@@H](c2ccc(N(C)C)cc2)N2CCN(C)CC2)c(C)c1. The van der Waals surface area contributed by atoms with E-state index in [1.165, 1.54) is 0 Å². The molecule has 0 unspecified atom stereocenters. The molecule has 1 atom stereocenters. The van der Waals surface area contributed by atoms with Gasteiger partial charge in [0.15, 0.2) is 0 Å². The topological polar surface area (TPSA) is 55.9 Å². The Bertz CT molecular complexity index is 950. The van der Waals surface area contributed by atoms with Gasteiger partial charge in [0, 0.05) is 58.5 Å². The summed E-state index contributed by atoms with van der Waals surface area (Å²) in [6.07, 6.45) is 0. The van der Waals surface area contributed by atoms with Crippen LogP contribution in [0.1, 0.15) is 22.7 Å². The van der Waals surface area contributed by atoms with Crippen molar-refractivity contribution < 1.29 is 8.42 Å². The molecule has 0 aliphatic carbocycles. The van der Waals surface area contributed by atoms with Crippen molar-refractivity contribution in [3.63, 3.8) is 0 Å². The first kappa shape index (κ1) is 22.7. The molecule has 1 aliphatic rings. The van der Waals surface area contributed by atoms with E-state index in [2.05, 4.69) is 50.7 Å². The highest BCUT2D eigenvalue weighted by molar-refractivity contribution is 7.89. The lowest BCUT2D eigenvalue weighted by Crippen LogP contribution is -2.48. The van der Waals surface area contributed by atoms with E-state index in [4.69, 9.17) is 0 Å². The van der Waals surface area contributed by atoms with Gasteiger partial charge >= 0.3 is 0 Å². The third kappa shape index (κ3) is 5.40. The minimum Gasteiger partial charge on any atom is -0.378 e. The first-order valence-corrected chi connectivity index (χ1v) is 11.9. The molecule has 2 aromatic rings. The van der Waals surface area contributed by atoms with Gasteiger partial charge in [-0.05, 0) is 50.2 Å². The van der Waals surface area contributed by atoms with E-state index in [0.717, 1.165) is 48.6 Å². The van der Waals surface area contributed by atoms with E-state index in [9.17, 15) is 8.42 Å². The van der Waals surface area contributed by atoms with Crippen LogP contribution in [0.4, 0.5) is 5.69 Å². The zero-order valence-electron chi connectivity index (χ0n) is 18.7. The Morgan fingerprint density at radius 3 is 2.20 bits per heavy atom. The zero-order chi connectivity index (χ0) is 21.9. The van der Waals surface area contributed by atoms with Crippen molar-refractivity contribution in [3.8, 4) is 0 Å². The molecule has 1 N–H and O–H groups in total. The number of hydrogen-bond acceptors (Lipinski definition) is 5. The van der Waals surface area contributed by atoms with Gasteiger partial charge in [-0.3, -0.25) is 4.90 Å². The number of nitrogens with one attached hydrogen (secondary N) is 1. The van der Waals surface area contributed by atoms with Gasteiger partial charge in [-0.1, -0.05) is 29.8 Å². The summed E-state index contributed by atoms with van der Waals surface area (Å²) < 4.78 is 29.0.